The molecule has 1 unspecified atom stereocenters. The average molecular weight is 167 g/mol. The molecule has 1 aliphatic heterocycles. The highest BCUT2D eigenvalue weighted by Crippen LogP contribution is 2.30. The Morgan fingerprint density at radius 1 is 1.58 bits per heavy atom. The van der Waals surface area contributed by atoms with Crippen LogP contribution in [0.2, 0.25) is 0 Å². The van der Waals surface area contributed by atoms with Crippen LogP contribution >= 0.6 is 0 Å². The fourth-order valence-corrected chi connectivity index (χ4v) is 2.38. The molecule has 1 heteroatoms. The summed E-state index contributed by atoms with van der Waals surface area (Å²) in [5.74, 6) is 0. The number of hydrogen-bond donors (Lipinski definition) is 1. The Morgan fingerprint density at radius 2 is 2.33 bits per heavy atom. The van der Waals surface area contributed by atoms with Crippen molar-refractivity contribution in [1.82, 2.24) is 5.32 Å². The summed E-state index contributed by atoms with van der Waals surface area (Å²) >= 11 is 0. The second-order valence-electron chi connectivity index (χ2n) is 4.19. The van der Waals surface area contributed by atoms with E-state index in [-0.39, 0.29) is 0 Å². The molecule has 0 saturated carbocycles. The summed E-state index contributed by atoms with van der Waals surface area (Å²) in [6.45, 7) is 9.61. The first-order valence-corrected chi connectivity index (χ1v) is 5.08. The van der Waals surface area contributed by atoms with Crippen LogP contribution in [-0.4, -0.2) is 12.1 Å². The fraction of sp³-hybridized carbons (Fsp3) is 0.818. The number of nitrogens with one attached hydrogen (secondary N) is 1. The van der Waals surface area contributed by atoms with E-state index in [9.17, 15) is 0 Å². The summed E-state index contributed by atoms with van der Waals surface area (Å²) in [6.07, 6.45) is 6.43. The SMILES string of the molecule is C=C(C)CC1(CCC)CCCN1. The van der Waals surface area contributed by atoms with Crippen molar-refractivity contribution in [3.63, 3.8) is 0 Å². The van der Waals surface area contributed by atoms with Crippen molar-refractivity contribution in [1.29, 1.82) is 0 Å². The zero-order chi connectivity index (χ0) is 9.03. The zero-order valence-corrected chi connectivity index (χ0v) is 8.45. The maximum Gasteiger partial charge on any atom is 0.0218 e. The van der Waals surface area contributed by atoms with Gasteiger partial charge in [-0.1, -0.05) is 18.9 Å². The summed E-state index contributed by atoms with van der Waals surface area (Å²) in [5, 5.41) is 3.64. The van der Waals surface area contributed by atoms with Crippen molar-refractivity contribution in [2.45, 2.75) is 51.5 Å². The van der Waals surface area contributed by atoms with Gasteiger partial charge in [0.2, 0.25) is 0 Å². The Bertz CT molecular complexity index is 154. The Labute approximate surface area is 76.2 Å². The second kappa shape index (κ2) is 4.08. The molecule has 1 fully saturated rings. The molecule has 0 spiro atoms. The van der Waals surface area contributed by atoms with Crippen LogP contribution in [0.25, 0.3) is 0 Å². The van der Waals surface area contributed by atoms with Crippen molar-refractivity contribution >= 4 is 0 Å². The van der Waals surface area contributed by atoms with Crippen LogP contribution < -0.4 is 5.32 Å². The van der Waals surface area contributed by atoms with Crippen LogP contribution in [0.1, 0.15) is 46.0 Å². The first kappa shape index (κ1) is 9.79. The lowest BCUT2D eigenvalue weighted by atomic mass is 9.86. The lowest BCUT2D eigenvalue weighted by Crippen LogP contribution is -2.39. The molecule has 0 aromatic heterocycles. The first-order valence-electron chi connectivity index (χ1n) is 5.08. The van der Waals surface area contributed by atoms with Crippen LogP contribution in [0.3, 0.4) is 0 Å². The molecule has 0 aromatic carbocycles. The molecule has 1 nitrogen and oxygen atoms in total. The lowest BCUT2D eigenvalue weighted by Gasteiger charge is -2.29. The van der Waals surface area contributed by atoms with Crippen molar-refractivity contribution in [2.24, 2.45) is 0 Å². The van der Waals surface area contributed by atoms with Crippen molar-refractivity contribution in [2.75, 3.05) is 6.54 Å². The zero-order valence-electron chi connectivity index (χ0n) is 8.45. The van der Waals surface area contributed by atoms with E-state index in [1.807, 2.05) is 0 Å². The van der Waals surface area contributed by atoms with Crippen LogP contribution in [0.15, 0.2) is 12.2 Å². The molecular weight excluding hydrogens is 146 g/mol. The summed E-state index contributed by atoms with van der Waals surface area (Å²) in [4.78, 5) is 0. The van der Waals surface area contributed by atoms with Gasteiger partial charge < -0.3 is 5.32 Å². The van der Waals surface area contributed by atoms with Gasteiger partial charge in [-0.3, -0.25) is 0 Å². The standard InChI is InChI=1S/C11H21N/c1-4-6-11(9-10(2)3)7-5-8-12-11/h12H,2,4-9H2,1,3H3. The minimum absolute atomic E-state index is 0.417. The van der Waals surface area contributed by atoms with Gasteiger partial charge in [-0.25, -0.2) is 0 Å². The Hall–Kier alpha value is -0.300. The monoisotopic (exact) mass is 167 g/mol. The average Bonchev–Trinajstić information content (AvgIpc) is 2.36. The van der Waals surface area contributed by atoms with Gasteiger partial charge in [0.15, 0.2) is 0 Å². The number of rotatable bonds is 4. The van der Waals surface area contributed by atoms with E-state index in [2.05, 4.69) is 25.7 Å². The Morgan fingerprint density at radius 3 is 2.75 bits per heavy atom. The van der Waals surface area contributed by atoms with Gasteiger partial charge in [-0.15, -0.1) is 6.58 Å². The summed E-state index contributed by atoms with van der Waals surface area (Å²) in [6, 6.07) is 0. The van der Waals surface area contributed by atoms with Gasteiger partial charge in [0.25, 0.3) is 0 Å². The molecule has 0 bridgehead atoms. The van der Waals surface area contributed by atoms with Crippen LogP contribution in [0.4, 0.5) is 0 Å². The molecule has 12 heavy (non-hydrogen) atoms. The van der Waals surface area contributed by atoms with Crippen LogP contribution in [0, 0.1) is 0 Å². The highest BCUT2D eigenvalue weighted by molar-refractivity contribution is 5.03. The summed E-state index contributed by atoms with van der Waals surface area (Å²) in [5.41, 5.74) is 1.73. The molecule has 0 aliphatic carbocycles. The predicted molar refractivity (Wildman–Crippen MR) is 54.3 cm³/mol. The topological polar surface area (TPSA) is 12.0 Å². The molecule has 0 radical (unpaired) electrons. The van der Waals surface area contributed by atoms with E-state index in [4.69, 9.17) is 0 Å². The first-order chi connectivity index (χ1) is 5.68. The van der Waals surface area contributed by atoms with E-state index >= 15 is 0 Å². The van der Waals surface area contributed by atoms with Gasteiger partial charge in [0.1, 0.15) is 0 Å². The molecule has 1 aliphatic rings. The van der Waals surface area contributed by atoms with Crippen molar-refractivity contribution in [3.05, 3.63) is 12.2 Å². The maximum atomic E-state index is 4.01. The number of hydrogen-bond acceptors (Lipinski definition) is 1. The highest BCUT2D eigenvalue weighted by Gasteiger charge is 2.31. The third-order valence-corrected chi connectivity index (χ3v) is 2.70. The second-order valence-corrected chi connectivity index (χ2v) is 4.19. The summed E-state index contributed by atoms with van der Waals surface area (Å²) < 4.78 is 0. The third-order valence-electron chi connectivity index (χ3n) is 2.70. The molecule has 70 valence electrons. The minimum Gasteiger partial charge on any atom is -0.311 e. The van der Waals surface area contributed by atoms with Gasteiger partial charge in [-0.05, 0) is 39.2 Å². The largest absolute Gasteiger partial charge is 0.311 e. The molecule has 0 amide bonds. The maximum absolute atomic E-state index is 4.01. The van der Waals surface area contributed by atoms with E-state index in [0.29, 0.717) is 5.54 Å². The van der Waals surface area contributed by atoms with E-state index in [1.54, 1.807) is 0 Å². The minimum atomic E-state index is 0.417. The molecule has 1 rings (SSSR count). The molecule has 1 saturated heterocycles. The lowest BCUT2D eigenvalue weighted by molar-refractivity contribution is 0.341. The predicted octanol–water partition coefficient (Wildman–Crippen LogP) is 2.87. The normalized spacial score (nSPS) is 29.2. The van der Waals surface area contributed by atoms with E-state index in [1.165, 1.54) is 44.2 Å². The van der Waals surface area contributed by atoms with E-state index < -0.39 is 0 Å². The van der Waals surface area contributed by atoms with Gasteiger partial charge in [0.05, 0.1) is 0 Å². The Kier molecular flexibility index (Phi) is 3.33. The summed E-state index contributed by atoms with van der Waals surface area (Å²) in [7, 11) is 0. The van der Waals surface area contributed by atoms with Gasteiger partial charge in [0, 0.05) is 5.54 Å². The van der Waals surface area contributed by atoms with Crippen molar-refractivity contribution < 1.29 is 0 Å². The fourth-order valence-electron chi connectivity index (χ4n) is 2.38. The molecule has 1 N–H and O–H groups in total. The third kappa shape index (κ3) is 2.34. The van der Waals surface area contributed by atoms with Crippen LogP contribution in [0.5, 0.6) is 0 Å². The van der Waals surface area contributed by atoms with Gasteiger partial charge >= 0.3 is 0 Å². The molecule has 0 aromatic rings. The highest BCUT2D eigenvalue weighted by atomic mass is 15.0. The van der Waals surface area contributed by atoms with Crippen LogP contribution in [-0.2, 0) is 0 Å². The van der Waals surface area contributed by atoms with Crippen molar-refractivity contribution in [3.8, 4) is 0 Å². The van der Waals surface area contributed by atoms with Gasteiger partial charge in [-0.2, -0.15) is 0 Å². The smallest absolute Gasteiger partial charge is 0.0218 e. The molecule has 1 atom stereocenters. The quantitative estimate of drug-likeness (QED) is 0.635. The molecular formula is C11H21N. The molecule has 1 heterocycles. The Balaban J connectivity index is 2.52. The van der Waals surface area contributed by atoms with E-state index in [0.717, 1.165) is 0 Å².